The maximum absolute atomic E-state index is 13.6. The van der Waals surface area contributed by atoms with Crippen molar-refractivity contribution in [1.29, 1.82) is 0 Å². The molecule has 1 aliphatic rings. The first-order chi connectivity index (χ1) is 12.9. The zero-order chi connectivity index (χ0) is 19.1. The quantitative estimate of drug-likeness (QED) is 0.661. The molecule has 1 saturated carbocycles. The predicted molar refractivity (Wildman–Crippen MR) is 99.9 cm³/mol. The fraction of sp³-hybridized carbons (Fsp3) is 0.381. The van der Waals surface area contributed by atoms with Crippen molar-refractivity contribution < 1.29 is 13.7 Å². The summed E-state index contributed by atoms with van der Waals surface area (Å²) in [7, 11) is 0. The van der Waals surface area contributed by atoms with Crippen LogP contribution in [0.2, 0.25) is 0 Å². The van der Waals surface area contributed by atoms with E-state index in [9.17, 15) is 9.18 Å². The minimum atomic E-state index is -0.293. The first-order valence-electron chi connectivity index (χ1n) is 9.26. The Labute approximate surface area is 157 Å². The van der Waals surface area contributed by atoms with Crippen molar-refractivity contribution in [3.8, 4) is 0 Å². The highest BCUT2D eigenvalue weighted by Crippen LogP contribution is 2.33. The minimum Gasteiger partial charge on any atom is -0.336 e. The van der Waals surface area contributed by atoms with Crippen molar-refractivity contribution in [2.75, 3.05) is 0 Å². The van der Waals surface area contributed by atoms with Gasteiger partial charge in [0.15, 0.2) is 0 Å². The second-order valence-corrected chi connectivity index (χ2v) is 7.49. The molecule has 27 heavy (non-hydrogen) atoms. The largest absolute Gasteiger partial charge is 0.336 e. The highest BCUT2D eigenvalue weighted by Gasteiger charge is 2.34. The molecule has 2 heterocycles. The van der Waals surface area contributed by atoms with Crippen LogP contribution >= 0.6 is 0 Å². The average molecular weight is 367 g/mol. The summed E-state index contributed by atoms with van der Waals surface area (Å²) in [6, 6.07) is 8.44. The lowest BCUT2D eigenvalue weighted by molar-refractivity contribution is 0.0731. The maximum atomic E-state index is 13.6. The molecule has 6 heteroatoms. The van der Waals surface area contributed by atoms with E-state index in [-0.39, 0.29) is 23.7 Å². The molecule has 5 nitrogen and oxygen atoms in total. The third kappa shape index (κ3) is 3.44. The summed E-state index contributed by atoms with van der Waals surface area (Å²) >= 11 is 0. The molecule has 0 unspecified atom stereocenters. The molecule has 4 rings (SSSR count). The minimum absolute atomic E-state index is 0.0811. The van der Waals surface area contributed by atoms with Gasteiger partial charge in [0.25, 0.3) is 11.6 Å². The number of nitrogens with zero attached hydrogens (tertiary/aromatic N) is 3. The molecular weight excluding hydrogens is 345 g/mol. The van der Waals surface area contributed by atoms with Gasteiger partial charge in [-0.25, -0.2) is 9.37 Å². The lowest BCUT2D eigenvalue weighted by atomic mass is 10.0. The molecule has 0 saturated heterocycles. The van der Waals surface area contributed by atoms with Gasteiger partial charge in [0.05, 0.1) is 16.6 Å². The molecule has 1 aliphatic carbocycles. The van der Waals surface area contributed by atoms with Crippen LogP contribution in [0.4, 0.5) is 4.39 Å². The summed E-state index contributed by atoms with van der Waals surface area (Å²) < 4.78 is 18.9. The van der Waals surface area contributed by atoms with Crippen LogP contribution in [0.25, 0.3) is 11.1 Å². The summed E-state index contributed by atoms with van der Waals surface area (Å²) in [5.41, 5.74) is 3.18. The van der Waals surface area contributed by atoms with Crippen LogP contribution < -0.4 is 0 Å². The van der Waals surface area contributed by atoms with Gasteiger partial charge in [0, 0.05) is 18.3 Å². The Morgan fingerprint density at radius 3 is 2.78 bits per heavy atom. The molecule has 0 atom stereocenters. The van der Waals surface area contributed by atoms with Crippen molar-refractivity contribution in [2.24, 2.45) is 0 Å². The van der Waals surface area contributed by atoms with E-state index in [4.69, 9.17) is 4.52 Å². The topological polar surface area (TPSA) is 59.2 Å². The Morgan fingerprint density at radius 1 is 1.33 bits per heavy atom. The normalized spacial score (nSPS) is 14.1. The van der Waals surface area contributed by atoms with E-state index < -0.39 is 0 Å². The molecule has 0 bridgehead atoms. The Morgan fingerprint density at radius 2 is 2.11 bits per heavy atom. The molecule has 1 aromatic carbocycles. The summed E-state index contributed by atoms with van der Waals surface area (Å²) in [5.74, 6) is -0.217. The van der Waals surface area contributed by atoms with E-state index in [2.05, 4.69) is 10.1 Å². The second-order valence-electron chi connectivity index (χ2n) is 7.49. The van der Waals surface area contributed by atoms with Gasteiger partial charge < -0.3 is 9.42 Å². The Hall–Kier alpha value is -2.76. The van der Waals surface area contributed by atoms with Crippen molar-refractivity contribution in [3.05, 3.63) is 58.7 Å². The average Bonchev–Trinajstić information content (AvgIpc) is 3.41. The van der Waals surface area contributed by atoms with Gasteiger partial charge >= 0.3 is 0 Å². The Kier molecular flexibility index (Phi) is 4.42. The van der Waals surface area contributed by atoms with Gasteiger partial charge in [0.2, 0.25) is 0 Å². The number of rotatable bonds is 5. The number of fused-ring (bicyclic) bond motifs is 1. The van der Waals surface area contributed by atoms with E-state index in [1.54, 1.807) is 6.07 Å². The molecule has 1 amide bonds. The smallest absolute Gasteiger partial charge is 0.259 e. The number of benzene rings is 1. The SMILES string of the molecule is Cc1noc2nc(C(C)C)cc(C(=O)N(Cc3cccc(F)c3)C3CC3)c12. The van der Waals surface area contributed by atoms with Crippen LogP contribution in [-0.2, 0) is 6.54 Å². The number of hydrogen-bond donors (Lipinski definition) is 0. The first-order valence-corrected chi connectivity index (χ1v) is 9.26. The van der Waals surface area contributed by atoms with Crippen LogP contribution in [0.15, 0.2) is 34.9 Å². The zero-order valence-corrected chi connectivity index (χ0v) is 15.7. The number of amides is 1. The van der Waals surface area contributed by atoms with E-state index >= 15 is 0 Å². The molecule has 0 spiro atoms. The van der Waals surface area contributed by atoms with Crippen LogP contribution in [0, 0.1) is 12.7 Å². The van der Waals surface area contributed by atoms with Crippen LogP contribution in [0.1, 0.15) is 59.9 Å². The molecule has 0 aliphatic heterocycles. The van der Waals surface area contributed by atoms with Crippen LogP contribution in [-0.4, -0.2) is 27.0 Å². The van der Waals surface area contributed by atoms with Crippen molar-refractivity contribution >= 4 is 17.0 Å². The summed E-state index contributed by atoms with van der Waals surface area (Å²) in [5, 5.41) is 4.66. The van der Waals surface area contributed by atoms with E-state index in [1.807, 2.05) is 37.8 Å². The number of halogens is 1. The maximum Gasteiger partial charge on any atom is 0.259 e. The van der Waals surface area contributed by atoms with Crippen molar-refractivity contribution in [1.82, 2.24) is 15.0 Å². The second kappa shape index (κ2) is 6.76. The van der Waals surface area contributed by atoms with Crippen molar-refractivity contribution in [2.45, 2.75) is 52.1 Å². The number of carbonyl (C=O) groups excluding carboxylic acids is 1. The van der Waals surface area contributed by atoms with E-state index in [0.29, 0.717) is 28.9 Å². The summed E-state index contributed by atoms with van der Waals surface area (Å²) in [6.45, 7) is 6.24. The van der Waals surface area contributed by atoms with Crippen molar-refractivity contribution in [3.63, 3.8) is 0 Å². The number of carbonyl (C=O) groups is 1. The molecule has 0 N–H and O–H groups in total. The summed E-state index contributed by atoms with van der Waals surface area (Å²) in [6.07, 6.45) is 1.93. The fourth-order valence-corrected chi connectivity index (χ4v) is 3.32. The lowest BCUT2D eigenvalue weighted by Gasteiger charge is -2.23. The lowest BCUT2D eigenvalue weighted by Crippen LogP contribution is -2.33. The van der Waals surface area contributed by atoms with E-state index in [0.717, 1.165) is 24.1 Å². The number of pyridine rings is 1. The highest BCUT2D eigenvalue weighted by atomic mass is 19.1. The van der Waals surface area contributed by atoms with Gasteiger partial charge in [-0.05, 0) is 49.4 Å². The summed E-state index contributed by atoms with van der Waals surface area (Å²) in [4.78, 5) is 19.8. The first kappa shape index (κ1) is 17.6. The van der Waals surface area contributed by atoms with Crippen LogP contribution in [0.5, 0.6) is 0 Å². The van der Waals surface area contributed by atoms with Gasteiger partial charge in [-0.15, -0.1) is 0 Å². The Bertz CT molecular complexity index is 1010. The molecule has 1 fully saturated rings. The Balaban J connectivity index is 1.76. The molecule has 140 valence electrons. The highest BCUT2D eigenvalue weighted by molar-refractivity contribution is 6.06. The molecule has 2 aromatic heterocycles. The molecule has 0 radical (unpaired) electrons. The number of hydrogen-bond acceptors (Lipinski definition) is 4. The standard InChI is InChI=1S/C21H22FN3O2/c1-12(2)18-10-17(19-13(3)24-27-20(19)23-18)21(26)25(16-7-8-16)11-14-5-4-6-15(22)9-14/h4-6,9-10,12,16H,7-8,11H2,1-3H3. The zero-order valence-electron chi connectivity index (χ0n) is 15.7. The third-order valence-corrected chi connectivity index (χ3v) is 4.95. The van der Waals surface area contributed by atoms with Crippen LogP contribution in [0.3, 0.4) is 0 Å². The molecular formula is C21H22FN3O2. The number of aromatic nitrogens is 2. The van der Waals surface area contributed by atoms with Gasteiger partial charge in [0.1, 0.15) is 5.82 Å². The third-order valence-electron chi connectivity index (χ3n) is 4.95. The van der Waals surface area contributed by atoms with Gasteiger partial charge in [-0.1, -0.05) is 31.1 Å². The van der Waals surface area contributed by atoms with E-state index in [1.165, 1.54) is 12.1 Å². The predicted octanol–water partition coefficient (Wildman–Crippen LogP) is 4.60. The van der Waals surface area contributed by atoms with Gasteiger partial charge in [-0.3, -0.25) is 4.79 Å². The van der Waals surface area contributed by atoms with Gasteiger partial charge in [-0.2, -0.15) is 0 Å². The number of aryl methyl sites for hydroxylation is 1. The molecule has 3 aromatic rings. The monoisotopic (exact) mass is 367 g/mol. The fourth-order valence-electron chi connectivity index (χ4n) is 3.32.